The number of carbonyl (C=O) groups is 1. The summed E-state index contributed by atoms with van der Waals surface area (Å²) in [5.74, 6) is -0.0211. The minimum Gasteiger partial charge on any atom is -0.323 e. The smallest absolute Gasteiger partial charge is 0.275 e. The highest BCUT2D eigenvalue weighted by atomic mass is 16.2. The molecule has 0 spiro atoms. The standard InChI is InChI=1S/C20H23N3O/c1-3-9-17-12-8-13-19(16-10-6-5-7-11-16)23(17)20(24)18-14-15-22(4-2)21-18/h3,5-8,10-11,13-15,17,19H,1,4,9,12H2,2H3/t17-,19+/m1/s1. The van der Waals surface area contributed by atoms with Crippen LogP contribution in [0.15, 0.2) is 67.4 Å². The van der Waals surface area contributed by atoms with Gasteiger partial charge in [-0.2, -0.15) is 5.10 Å². The minimum atomic E-state index is -0.0656. The van der Waals surface area contributed by atoms with Gasteiger partial charge < -0.3 is 4.90 Å². The Kier molecular flexibility index (Phi) is 4.94. The predicted octanol–water partition coefficient (Wildman–Crippen LogP) is 3.99. The zero-order valence-corrected chi connectivity index (χ0v) is 14.0. The van der Waals surface area contributed by atoms with Crippen molar-refractivity contribution in [3.05, 3.63) is 78.7 Å². The number of rotatable bonds is 5. The number of carbonyl (C=O) groups excluding carboxylic acids is 1. The van der Waals surface area contributed by atoms with Crippen LogP contribution >= 0.6 is 0 Å². The summed E-state index contributed by atoms with van der Waals surface area (Å²) in [6.07, 6.45) is 9.64. The Bertz CT molecular complexity index is 732. The Morgan fingerprint density at radius 2 is 2.12 bits per heavy atom. The maximum Gasteiger partial charge on any atom is 0.275 e. The molecule has 1 aromatic carbocycles. The van der Waals surface area contributed by atoms with E-state index in [1.54, 1.807) is 10.7 Å². The maximum atomic E-state index is 13.2. The highest BCUT2D eigenvalue weighted by molar-refractivity contribution is 5.93. The van der Waals surface area contributed by atoms with Crippen LogP contribution in [0.4, 0.5) is 0 Å². The second kappa shape index (κ2) is 7.30. The molecule has 0 N–H and O–H groups in total. The van der Waals surface area contributed by atoms with Crippen LogP contribution in [-0.4, -0.2) is 26.6 Å². The van der Waals surface area contributed by atoms with E-state index in [0.717, 1.165) is 24.9 Å². The van der Waals surface area contributed by atoms with Crippen molar-refractivity contribution < 1.29 is 4.79 Å². The first-order valence-corrected chi connectivity index (χ1v) is 8.43. The van der Waals surface area contributed by atoms with Gasteiger partial charge in [0.2, 0.25) is 0 Å². The molecule has 124 valence electrons. The molecule has 2 aromatic rings. The number of hydrogen-bond donors (Lipinski definition) is 0. The van der Waals surface area contributed by atoms with E-state index >= 15 is 0 Å². The van der Waals surface area contributed by atoms with E-state index in [4.69, 9.17) is 0 Å². The van der Waals surface area contributed by atoms with Crippen molar-refractivity contribution in [2.24, 2.45) is 0 Å². The number of hydrogen-bond acceptors (Lipinski definition) is 2. The third-order valence-corrected chi connectivity index (χ3v) is 4.42. The number of benzene rings is 1. The fourth-order valence-corrected chi connectivity index (χ4v) is 3.20. The Morgan fingerprint density at radius 1 is 1.33 bits per heavy atom. The summed E-state index contributed by atoms with van der Waals surface area (Å²) in [7, 11) is 0. The predicted molar refractivity (Wildman–Crippen MR) is 95.6 cm³/mol. The van der Waals surface area contributed by atoms with E-state index in [1.165, 1.54) is 0 Å². The molecule has 4 heteroatoms. The molecule has 1 aromatic heterocycles. The summed E-state index contributed by atoms with van der Waals surface area (Å²) in [6, 6.07) is 12.0. The molecule has 0 radical (unpaired) electrons. The molecule has 0 saturated heterocycles. The fraction of sp³-hybridized carbons (Fsp3) is 0.300. The Labute approximate surface area is 143 Å². The van der Waals surface area contributed by atoms with E-state index in [0.29, 0.717) is 5.69 Å². The molecule has 0 bridgehead atoms. The van der Waals surface area contributed by atoms with Crippen molar-refractivity contribution in [2.75, 3.05) is 0 Å². The van der Waals surface area contributed by atoms with Gasteiger partial charge in [-0.3, -0.25) is 9.48 Å². The highest BCUT2D eigenvalue weighted by Crippen LogP contribution is 2.32. The molecule has 0 unspecified atom stereocenters. The monoisotopic (exact) mass is 321 g/mol. The van der Waals surface area contributed by atoms with E-state index < -0.39 is 0 Å². The van der Waals surface area contributed by atoms with Crippen LogP contribution in [-0.2, 0) is 6.54 Å². The number of aromatic nitrogens is 2. The summed E-state index contributed by atoms with van der Waals surface area (Å²) >= 11 is 0. The molecular weight excluding hydrogens is 298 g/mol. The molecule has 0 saturated carbocycles. The van der Waals surface area contributed by atoms with E-state index in [-0.39, 0.29) is 18.0 Å². The number of amides is 1. The molecule has 2 heterocycles. The summed E-state index contributed by atoms with van der Waals surface area (Å²) in [6.45, 7) is 6.62. The minimum absolute atomic E-state index is 0.0211. The van der Waals surface area contributed by atoms with Crippen LogP contribution in [0, 0.1) is 0 Å². The van der Waals surface area contributed by atoms with Crippen molar-refractivity contribution in [3.8, 4) is 0 Å². The summed E-state index contributed by atoms with van der Waals surface area (Å²) in [4.78, 5) is 15.1. The van der Waals surface area contributed by atoms with Gasteiger partial charge in [0.05, 0.1) is 6.04 Å². The van der Waals surface area contributed by atoms with Gasteiger partial charge in [0.25, 0.3) is 5.91 Å². The second-order valence-corrected chi connectivity index (χ2v) is 5.97. The summed E-state index contributed by atoms with van der Waals surface area (Å²) in [5, 5.41) is 4.40. The van der Waals surface area contributed by atoms with Crippen LogP contribution < -0.4 is 0 Å². The number of nitrogens with zero attached hydrogens (tertiary/aromatic N) is 3. The third kappa shape index (κ3) is 3.18. The van der Waals surface area contributed by atoms with E-state index in [9.17, 15) is 4.79 Å². The van der Waals surface area contributed by atoms with Gasteiger partial charge in [-0.1, -0.05) is 48.6 Å². The van der Waals surface area contributed by atoms with E-state index in [1.807, 2.05) is 42.3 Å². The first kappa shape index (κ1) is 16.2. The molecule has 1 amide bonds. The quantitative estimate of drug-likeness (QED) is 0.781. The Balaban J connectivity index is 1.97. The SMILES string of the molecule is C=CC[C@@H]1CC=C[C@@H](c2ccccc2)N1C(=O)c1ccn(CC)n1. The lowest BCUT2D eigenvalue weighted by atomic mass is 9.94. The number of aryl methyl sites for hydroxylation is 1. The van der Waals surface area contributed by atoms with Gasteiger partial charge in [-0.25, -0.2) is 0 Å². The molecular formula is C20H23N3O. The largest absolute Gasteiger partial charge is 0.323 e. The van der Waals surface area contributed by atoms with Crippen molar-refractivity contribution in [1.29, 1.82) is 0 Å². The molecule has 24 heavy (non-hydrogen) atoms. The van der Waals surface area contributed by atoms with Gasteiger partial charge in [-0.15, -0.1) is 6.58 Å². The first-order chi connectivity index (χ1) is 11.7. The van der Waals surface area contributed by atoms with Crippen molar-refractivity contribution in [2.45, 2.75) is 38.4 Å². The van der Waals surface area contributed by atoms with Gasteiger partial charge in [0.15, 0.2) is 0 Å². The molecule has 2 atom stereocenters. The van der Waals surface area contributed by atoms with Crippen molar-refractivity contribution in [1.82, 2.24) is 14.7 Å². The Hall–Kier alpha value is -2.62. The van der Waals surface area contributed by atoms with Crippen LogP contribution in [0.25, 0.3) is 0 Å². The van der Waals surface area contributed by atoms with Gasteiger partial charge >= 0.3 is 0 Å². The molecule has 0 aliphatic carbocycles. The normalized spacial score (nSPS) is 20.1. The molecule has 1 aliphatic rings. The van der Waals surface area contributed by atoms with Crippen molar-refractivity contribution >= 4 is 5.91 Å². The van der Waals surface area contributed by atoms with Crippen LogP contribution in [0.3, 0.4) is 0 Å². The molecule has 0 fully saturated rings. The average molecular weight is 321 g/mol. The molecule has 4 nitrogen and oxygen atoms in total. The average Bonchev–Trinajstić information content (AvgIpc) is 3.11. The second-order valence-electron chi connectivity index (χ2n) is 5.97. The molecule has 3 rings (SSSR count). The third-order valence-electron chi connectivity index (χ3n) is 4.42. The molecule has 1 aliphatic heterocycles. The van der Waals surface area contributed by atoms with Crippen LogP contribution in [0.1, 0.15) is 41.9 Å². The highest BCUT2D eigenvalue weighted by Gasteiger charge is 2.33. The van der Waals surface area contributed by atoms with Gasteiger partial charge in [0, 0.05) is 18.8 Å². The lowest BCUT2D eigenvalue weighted by Gasteiger charge is -2.39. The Morgan fingerprint density at radius 3 is 2.79 bits per heavy atom. The fourth-order valence-electron chi connectivity index (χ4n) is 3.20. The van der Waals surface area contributed by atoms with Gasteiger partial charge in [0.1, 0.15) is 5.69 Å². The van der Waals surface area contributed by atoms with Crippen LogP contribution in [0.2, 0.25) is 0 Å². The summed E-state index contributed by atoms with van der Waals surface area (Å²) < 4.78 is 1.78. The van der Waals surface area contributed by atoms with Crippen LogP contribution in [0.5, 0.6) is 0 Å². The van der Waals surface area contributed by atoms with Gasteiger partial charge in [-0.05, 0) is 31.4 Å². The topological polar surface area (TPSA) is 38.1 Å². The zero-order chi connectivity index (χ0) is 16.9. The summed E-state index contributed by atoms with van der Waals surface area (Å²) in [5.41, 5.74) is 1.62. The first-order valence-electron chi connectivity index (χ1n) is 8.43. The lowest BCUT2D eigenvalue weighted by molar-refractivity contribution is 0.0596. The maximum absolute atomic E-state index is 13.2. The van der Waals surface area contributed by atoms with Crippen molar-refractivity contribution in [3.63, 3.8) is 0 Å². The zero-order valence-electron chi connectivity index (χ0n) is 14.0. The van der Waals surface area contributed by atoms with E-state index in [2.05, 4.69) is 36.0 Å². The lowest BCUT2D eigenvalue weighted by Crippen LogP contribution is -2.44.